The highest BCUT2D eigenvalue weighted by Gasteiger charge is 2.30. The number of benzene rings is 3. The molecule has 4 amide bonds. The minimum atomic E-state index is -1.49. The summed E-state index contributed by atoms with van der Waals surface area (Å²) >= 11 is 0. The van der Waals surface area contributed by atoms with Crippen LogP contribution < -0.4 is 20.4 Å². The Kier molecular flexibility index (Phi) is 12.3. The lowest BCUT2D eigenvalue weighted by atomic mass is 10.0. The second-order valence-electron chi connectivity index (χ2n) is 12.8. The quantitative estimate of drug-likeness (QED) is 0.155. The average Bonchev–Trinajstić information content (AvgIpc) is 3.13. The molecule has 2 aromatic heterocycles. The monoisotopic (exact) mass is 758 g/mol. The minimum Gasteiger partial charge on any atom is -0.340 e. The number of amides is 4. The van der Waals surface area contributed by atoms with Gasteiger partial charge >= 0.3 is 0 Å². The number of nitrogens with one attached hydrogen (secondary N) is 2. The molecule has 2 heterocycles. The van der Waals surface area contributed by atoms with Gasteiger partial charge in [-0.3, -0.25) is 29.1 Å². The summed E-state index contributed by atoms with van der Waals surface area (Å²) in [4.78, 5) is 65.4. The first-order valence-corrected chi connectivity index (χ1v) is 16.8. The minimum absolute atomic E-state index is 0.0143. The Bertz CT molecular complexity index is 2200. The van der Waals surface area contributed by atoms with E-state index in [1.165, 1.54) is 36.3 Å². The molecule has 0 aliphatic carbocycles. The summed E-state index contributed by atoms with van der Waals surface area (Å²) in [5, 5.41) is 4.94. The standard InChI is InChI=1S/C40H35F5N6O4/c1-22-5-8-31(20-46-22)50(3)39(54)35(15-24-11-27(41)18-28(42)12-24)48-37(52)26-7-10-34(45)33(17-26)38(53)49-36(16-25-13-29(43)19-30(44)14-25)40(55)51(4)32-9-6-23(2)47-21-32/h5-14,17-21,35-36H,15-16H2,1-4H3,(H,48,52)(H,49,53)/t35-,36-/m0/s1. The van der Waals surface area contributed by atoms with Gasteiger partial charge in [0.05, 0.1) is 29.3 Å². The molecule has 3 aromatic carbocycles. The summed E-state index contributed by atoms with van der Waals surface area (Å²) in [6.45, 7) is 3.48. The van der Waals surface area contributed by atoms with Gasteiger partial charge < -0.3 is 20.4 Å². The molecule has 0 bridgehead atoms. The summed E-state index contributed by atoms with van der Waals surface area (Å²) in [5.74, 6) is -8.25. The molecule has 15 heteroatoms. The zero-order valence-corrected chi connectivity index (χ0v) is 30.0. The topological polar surface area (TPSA) is 125 Å². The van der Waals surface area contributed by atoms with Crippen LogP contribution in [0.2, 0.25) is 0 Å². The van der Waals surface area contributed by atoms with Crippen molar-refractivity contribution in [2.75, 3.05) is 23.9 Å². The number of carbonyl (C=O) groups is 4. The van der Waals surface area contributed by atoms with Gasteiger partial charge in [0.1, 0.15) is 41.2 Å². The van der Waals surface area contributed by atoms with Crippen LogP contribution in [0, 0.1) is 42.9 Å². The number of hydrogen-bond acceptors (Lipinski definition) is 6. The molecule has 0 unspecified atom stereocenters. The molecule has 5 aromatic rings. The fourth-order valence-corrected chi connectivity index (χ4v) is 5.69. The van der Waals surface area contributed by atoms with Crippen LogP contribution in [0.5, 0.6) is 0 Å². The fourth-order valence-electron chi connectivity index (χ4n) is 5.69. The molecule has 0 saturated carbocycles. The number of hydrogen-bond donors (Lipinski definition) is 2. The molecule has 0 spiro atoms. The molecule has 0 saturated heterocycles. The lowest BCUT2D eigenvalue weighted by molar-refractivity contribution is -0.120. The van der Waals surface area contributed by atoms with Crippen molar-refractivity contribution in [3.05, 3.63) is 154 Å². The van der Waals surface area contributed by atoms with E-state index in [4.69, 9.17) is 0 Å². The van der Waals surface area contributed by atoms with E-state index in [2.05, 4.69) is 20.6 Å². The van der Waals surface area contributed by atoms with Crippen LogP contribution in [0.3, 0.4) is 0 Å². The van der Waals surface area contributed by atoms with Crippen molar-refractivity contribution >= 4 is 35.0 Å². The summed E-state index contributed by atoms with van der Waals surface area (Å²) in [5.41, 5.74) is 1.13. The Labute approximate surface area is 313 Å². The molecule has 2 atom stereocenters. The molecule has 2 N–H and O–H groups in total. The van der Waals surface area contributed by atoms with E-state index < -0.39 is 76.8 Å². The third-order valence-electron chi connectivity index (χ3n) is 8.63. The van der Waals surface area contributed by atoms with Crippen molar-refractivity contribution in [3.8, 4) is 0 Å². The summed E-state index contributed by atoms with van der Waals surface area (Å²) in [6.07, 6.45) is 2.08. The van der Waals surface area contributed by atoms with Crippen LogP contribution in [-0.4, -0.2) is 59.8 Å². The molecule has 0 radical (unpaired) electrons. The van der Waals surface area contributed by atoms with Gasteiger partial charge in [0.25, 0.3) is 11.8 Å². The SMILES string of the molecule is Cc1ccc(N(C)C(=O)[C@H](Cc2cc(F)cc(F)c2)NC(=O)c2ccc(F)c(C(=O)N[C@@H](Cc3cc(F)cc(F)c3)C(=O)N(C)c3ccc(C)nc3)c2)cn1. The Balaban J connectivity index is 1.42. The van der Waals surface area contributed by atoms with E-state index in [0.29, 0.717) is 34.9 Å². The maximum Gasteiger partial charge on any atom is 0.254 e. The number of anilines is 2. The highest BCUT2D eigenvalue weighted by molar-refractivity contribution is 6.05. The van der Waals surface area contributed by atoms with Crippen LogP contribution in [0.25, 0.3) is 0 Å². The van der Waals surface area contributed by atoms with Gasteiger partial charge in [-0.05, 0) is 91.7 Å². The number of aryl methyl sites for hydroxylation is 2. The second-order valence-corrected chi connectivity index (χ2v) is 12.8. The summed E-state index contributed by atoms with van der Waals surface area (Å²) in [7, 11) is 2.82. The van der Waals surface area contributed by atoms with Crippen molar-refractivity contribution in [1.29, 1.82) is 0 Å². The molecule has 5 rings (SSSR count). The average molecular weight is 759 g/mol. The number of likely N-dealkylation sites (N-methyl/N-ethyl adjacent to an activating group) is 2. The predicted octanol–water partition coefficient (Wildman–Crippen LogP) is 5.80. The molecule has 0 aliphatic heterocycles. The lowest BCUT2D eigenvalue weighted by Gasteiger charge is -2.25. The van der Waals surface area contributed by atoms with Crippen molar-refractivity contribution in [2.24, 2.45) is 0 Å². The molecular weight excluding hydrogens is 723 g/mol. The van der Waals surface area contributed by atoms with E-state index >= 15 is 4.39 Å². The maximum absolute atomic E-state index is 15.3. The number of halogens is 5. The zero-order chi connectivity index (χ0) is 40.0. The first-order chi connectivity index (χ1) is 26.1. The van der Waals surface area contributed by atoms with Gasteiger partial charge in [0, 0.05) is 56.0 Å². The van der Waals surface area contributed by atoms with Gasteiger partial charge in [0.15, 0.2) is 0 Å². The summed E-state index contributed by atoms with van der Waals surface area (Å²) in [6, 6.07) is 11.7. The lowest BCUT2D eigenvalue weighted by Crippen LogP contribution is -2.49. The molecule has 55 heavy (non-hydrogen) atoms. The zero-order valence-electron chi connectivity index (χ0n) is 30.0. The first-order valence-electron chi connectivity index (χ1n) is 16.8. The van der Waals surface area contributed by atoms with Gasteiger partial charge in [-0.25, -0.2) is 22.0 Å². The highest BCUT2D eigenvalue weighted by atomic mass is 19.1. The normalized spacial score (nSPS) is 12.0. The van der Waals surface area contributed by atoms with Crippen molar-refractivity contribution in [1.82, 2.24) is 20.6 Å². The fraction of sp³-hybridized carbons (Fsp3) is 0.200. The Morgan fingerprint density at radius 2 is 1.00 bits per heavy atom. The maximum atomic E-state index is 15.3. The molecular formula is C40H35F5N6O4. The Morgan fingerprint density at radius 3 is 1.40 bits per heavy atom. The van der Waals surface area contributed by atoms with Crippen LogP contribution in [0.1, 0.15) is 43.2 Å². The molecule has 0 fully saturated rings. The van der Waals surface area contributed by atoms with E-state index in [0.717, 1.165) is 42.5 Å². The van der Waals surface area contributed by atoms with Crippen LogP contribution in [0.4, 0.5) is 33.3 Å². The van der Waals surface area contributed by atoms with Crippen LogP contribution in [-0.2, 0) is 22.4 Å². The first kappa shape index (κ1) is 39.7. The van der Waals surface area contributed by atoms with Crippen molar-refractivity contribution < 1.29 is 41.1 Å². The molecule has 284 valence electrons. The van der Waals surface area contributed by atoms with E-state index in [1.807, 2.05) is 0 Å². The predicted molar refractivity (Wildman–Crippen MR) is 194 cm³/mol. The van der Waals surface area contributed by atoms with E-state index in [9.17, 15) is 36.7 Å². The molecule has 10 nitrogen and oxygen atoms in total. The number of carbonyl (C=O) groups excluding carboxylic acids is 4. The van der Waals surface area contributed by atoms with Gasteiger partial charge in [-0.2, -0.15) is 0 Å². The Morgan fingerprint density at radius 1 is 0.582 bits per heavy atom. The number of pyridine rings is 2. The smallest absolute Gasteiger partial charge is 0.254 e. The third-order valence-corrected chi connectivity index (χ3v) is 8.63. The van der Waals surface area contributed by atoms with Crippen molar-refractivity contribution in [3.63, 3.8) is 0 Å². The van der Waals surface area contributed by atoms with Gasteiger partial charge in [-0.1, -0.05) is 0 Å². The third kappa shape index (κ3) is 10.1. The number of aromatic nitrogens is 2. The highest BCUT2D eigenvalue weighted by Crippen LogP contribution is 2.20. The molecule has 0 aliphatic rings. The number of nitrogens with zero attached hydrogens (tertiary/aromatic N) is 4. The van der Waals surface area contributed by atoms with Crippen LogP contribution in [0.15, 0.2) is 91.3 Å². The van der Waals surface area contributed by atoms with Gasteiger partial charge in [0.2, 0.25) is 11.8 Å². The van der Waals surface area contributed by atoms with Crippen LogP contribution >= 0.6 is 0 Å². The van der Waals surface area contributed by atoms with E-state index in [-0.39, 0.29) is 23.1 Å². The van der Waals surface area contributed by atoms with Gasteiger partial charge in [-0.15, -0.1) is 0 Å². The Hall–Kier alpha value is -6.51. The summed E-state index contributed by atoms with van der Waals surface area (Å²) < 4.78 is 71.7. The second kappa shape index (κ2) is 17.1. The largest absolute Gasteiger partial charge is 0.340 e. The number of rotatable bonds is 12. The van der Waals surface area contributed by atoms with E-state index in [1.54, 1.807) is 38.1 Å². The van der Waals surface area contributed by atoms with Crippen molar-refractivity contribution in [2.45, 2.75) is 38.8 Å².